The fourth-order valence-electron chi connectivity index (χ4n) is 1.21. The first-order chi connectivity index (χ1) is 5.75. The van der Waals surface area contributed by atoms with E-state index in [0.29, 0.717) is 4.83 Å². The van der Waals surface area contributed by atoms with E-state index in [1.165, 1.54) is 29.4 Å². The molecule has 1 atom stereocenters. The molecule has 1 heterocycles. The molecule has 1 aliphatic carbocycles. The molecular formula is C8H11BrN2S. The topological polar surface area (TPSA) is 25.8 Å². The first kappa shape index (κ1) is 8.63. The lowest BCUT2D eigenvalue weighted by Gasteiger charge is -2.02. The third-order valence-electron chi connectivity index (χ3n) is 2.07. The molecule has 1 aromatic heterocycles. The molecule has 0 spiro atoms. The van der Waals surface area contributed by atoms with Crippen molar-refractivity contribution in [2.45, 2.75) is 31.0 Å². The van der Waals surface area contributed by atoms with Gasteiger partial charge in [0.05, 0.1) is 0 Å². The van der Waals surface area contributed by atoms with Crippen LogP contribution in [0.25, 0.3) is 0 Å². The smallest absolute Gasteiger partial charge is 0.139 e. The van der Waals surface area contributed by atoms with Gasteiger partial charge in [-0.1, -0.05) is 15.9 Å². The highest BCUT2D eigenvalue weighted by Gasteiger charge is 2.29. The summed E-state index contributed by atoms with van der Waals surface area (Å²) in [5.41, 5.74) is 0. The summed E-state index contributed by atoms with van der Waals surface area (Å²) in [5.74, 6) is 1.81. The molecule has 1 aromatic rings. The number of hydrogen-bond donors (Lipinski definition) is 0. The van der Waals surface area contributed by atoms with Crippen LogP contribution in [-0.2, 0) is 6.42 Å². The van der Waals surface area contributed by atoms with E-state index in [1.807, 2.05) is 6.92 Å². The Kier molecular flexibility index (Phi) is 2.46. The average molecular weight is 247 g/mol. The second-order valence-electron chi connectivity index (χ2n) is 3.29. The lowest BCUT2D eigenvalue weighted by molar-refractivity contribution is 0.755. The van der Waals surface area contributed by atoms with E-state index >= 15 is 0 Å². The molecule has 0 amide bonds. The summed E-state index contributed by atoms with van der Waals surface area (Å²) in [6, 6.07) is 0. The maximum absolute atomic E-state index is 4.34. The van der Waals surface area contributed by atoms with E-state index < -0.39 is 0 Å². The largest absolute Gasteiger partial charge is 0.225 e. The van der Waals surface area contributed by atoms with Crippen LogP contribution in [0.4, 0.5) is 0 Å². The van der Waals surface area contributed by atoms with Crippen LogP contribution < -0.4 is 0 Å². The first-order valence-electron chi connectivity index (χ1n) is 4.19. The highest BCUT2D eigenvalue weighted by atomic mass is 79.9. The van der Waals surface area contributed by atoms with Crippen LogP contribution in [0.15, 0.2) is 0 Å². The van der Waals surface area contributed by atoms with Crippen LogP contribution in [-0.4, -0.2) is 14.2 Å². The number of hydrogen-bond acceptors (Lipinski definition) is 3. The Morgan fingerprint density at radius 2 is 2.42 bits per heavy atom. The Labute approximate surface area is 84.7 Å². The molecule has 66 valence electrons. The molecule has 1 saturated carbocycles. The SMILES string of the molecule is Cc1nsc(CC(Br)C2CC2)n1. The van der Waals surface area contributed by atoms with Gasteiger partial charge in [-0.25, -0.2) is 4.98 Å². The standard InChI is InChI=1S/C8H11BrN2S/c1-5-10-8(12-11-5)4-7(9)6-2-3-6/h6-7H,2-4H2,1H3. The summed E-state index contributed by atoms with van der Waals surface area (Å²) >= 11 is 5.22. The fourth-order valence-corrected chi connectivity index (χ4v) is 2.97. The van der Waals surface area contributed by atoms with Crippen molar-refractivity contribution in [1.82, 2.24) is 9.36 Å². The normalized spacial score (nSPS) is 19.5. The van der Waals surface area contributed by atoms with Crippen molar-refractivity contribution in [3.63, 3.8) is 0 Å². The summed E-state index contributed by atoms with van der Waals surface area (Å²) in [5, 5.41) is 1.17. The fraction of sp³-hybridized carbons (Fsp3) is 0.750. The van der Waals surface area contributed by atoms with Crippen molar-refractivity contribution >= 4 is 27.5 Å². The molecule has 0 bridgehead atoms. The van der Waals surface area contributed by atoms with Gasteiger partial charge in [0.2, 0.25) is 0 Å². The van der Waals surface area contributed by atoms with Crippen molar-refractivity contribution in [2.24, 2.45) is 5.92 Å². The minimum atomic E-state index is 0.629. The maximum atomic E-state index is 4.34. The van der Waals surface area contributed by atoms with Crippen LogP contribution in [0, 0.1) is 12.8 Å². The molecule has 1 fully saturated rings. The lowest BCUT2D eigenvalue weighted by Crippen LogP contribution is -2.04. The Balaban J connectivity index is 1.93. The summed E-state index contributed by atoms with van der Waals surface area (Å²) < 4.78 is 4.16. The number of rotatable bonds is 3. The highest BCUT2D eigenvalue weighted by molar-refractivity contribution is 9.09. The van der Waals surface area contributed by atoms with Crippen LogP contribution >= 0.6 is 27.5 Å². The second kappa shape index (κ2) is 3.42. The van der Waals surface area contributed by atoms with E-state index in [2.05, 4.69) is 25.3 Å². The molecular weight excluding hydrogens is 236 g/mol. The highest BCUT2D eigenvalue weighted by Crippen LogP contribution is 2.38. The molecule has 1 aliphatic rings. The number of halogens is 1. The van der Waals surface area contributed by atoms with E-state index in [-0.39, 0.29) is 0 Å². The van der Waals surface area contributed by atoms with Crippen LogP contribution in [0.1, 0.15) is 23.7 Å². The molecule has 2 rings (SSSR count). The number of aromatic nitrogens is 2. The molecule has 2 nitrogen and oxygen atoms in total. The molecule has 1 unspecified atom stereocenters. The Morgan fingerprint density at radius 1 is 1.67 bits per heavy atom. The first-order valence-corrected chi connectivity index (χ1v) is 5.88. The quantitative estimate of drug-likeness (QED) is 0.767. The van der Waals surface area contributed by atoms with Crippen molar-refractivity contribution in [2.75, 3.05) is 0 Å². The van der Waals surface area contributed by atoms with Gasteiger partial charge in [0.25, 0.3) is 0 Å². The van der Waals surface area contributed by atoms with Gasteiger partial charge >= 0.3 is 0 Å². The van der Waals surface area contributed by atoms with E-state index in [1.54, 1.807) is 0 Å². The van der Waals surface area contributed by atoms with Crippen LogP contribution in [0.3, 0.4) is 0 Å². The van der Waals surface area contributed by atoms with Gasteiger partial charge in [-0.05, 0) is 37.2 Å². The van der Waals surface area contributed by atoms with E-state index in [4.69, 9.17) is 0 Å². The van der Waals surface area contributed by atoms with Gasteiger partial charge < -0.3 is 0 Å². The minimum absolute atomic E-state index is 0.629. The monoisotopic (exact) mass is 246 g/mol. The molecule has 4 heteroatoms. The zero-order valence-corrected chi connectivity index (χ0v) is 9.36. The number of nitrogens with zero attached hydrogens (tertiary/aromatic N) is 2. The lowest BCUT2D eigenvalue weighted by atomic mass is 10.2. The molecule has 0 N–H and O–H groups in total. The Hall–Kier alpha value is 0.0400. The molecule has 0 radical (unpaired) electrons. The van der Waals surface area contributed by atoms with Gasteiger partial charge in [0.15, 0.2) is 0 Å². The second-order valence-corrected chi connectivity index (χ2v) is 5.31. The maximum Gasteiger partial charge on any atom is 0.139 e. The summed E-state index contributed by atoms with van der Waals surface area (Å²) in [7, 11) is 0. The zero-order valence-electron chi connectivity index (χ0n) is 6.96. The van der Waals surface area contributed by atoms with Gasteiger partial charge in [-0.2, -0.15) is 4.37 Å². The van der Waals surface area contributed by atoms with E-state index in [0.717, 1.165) is 18.2 Å². The average Bonchev–Trinajstić information content (AvgIpc) is 2.78. The van der Waals surface area contributed by atoms with E-state index in [9.17, 15) is 0 Å². The molecule has 0 saturated heterocycles. The third kappa shape index (κ3) is 2.04. The Morgan fingerprint density at radius 3 is 2.92 bits per heavy atom. The van der Waals surface area contributed by atoms with Crippen molar-refractivity contribution in [3.05, 3.63) is 10.8 Å². The number of aryl methyl sites for hydroxylation is 1. The van der Waals surface area contributed by atoms with Crippen LogP contribution in [0.2, 0.25) is 0 Å². The predicted molar refractivity (Wildman–Crippen MR) is 53.8 cm³/mol. The number of alkyl halides is 1. The van der Waals surface area contributed by atoms with Gasteiger partial charge in [-0.3, -0.25) is 0 Å². The van der Waals surface area contributed by atoms with Crippen molar-refractivity contribution in [3.8, 4) is 0 Å². The summed E-state index contributed by atoms with van der Waals surface area (Å²) in [4.78, 5) is 4.97. The van der Waals surface area contributed by atoms with Crippen molar-refractivity contribution in [1.29, 1.82) is 0 Å². The summed E-state index contributed by atoms with van der Waals surface area (Å²) in [6.07, 6.45) is 3.82. The van der Waals surface area contributed by atoms with Gasteiger partial charge in [0.1, 0.15) is 10.8 Å². The third-order valence-corrected chi connectivity index (χ3v) is 3.97. The summed E-state index contributed by atoms with van der Waals surface area (Å²) in [6.45, 7) is 1.94. The van der Waals surface area contributed by atoms with Gasteiger partial charge in [-0.15, -0.1) is 0 Å². The molecule has 12 heavy (non-hydrogen) atoms. The molecule has 0 aromatic carbocycles. The Bertz CT molecular complexity index is 270. The van der Waals surface area contributed by atoms with Crippen molar-refractivity contribution < 1.29 is 0 Å². The zero-order chi connectivity index (χ0) is 8.55. The predicted octanol–water partition coefficient (Wildman–Crippen LogP) is 2.56. The minimum Gasteiger partial charge on any atom is -0.225 e. The van der Waals surface area contributed by atoms with Crippen LogP contribution in [0.5, 0.6) is 0 Å². The van der Waals surface area contributed by atoms with Gasteiger partial charge in [0, 0.05) is 11.2 Å². The molecule has 0 aliphatic heterocycles.